The Morgan fingerprint density at radius 3 is 2.54 bits per heavy atom. The second-order valence-corrected chi connectivity index (χ2v) is 6.92. The maximum absolute atomic E-state index is 11.5. The number of nitrogens with zero attached hydrogens (tertiary/aromatic N) is 1. The van der Waals surface area contributed by atoms with E-state index >= 15 is 0 Å². The molecule has 2 rings (SSSR count). The summed E-state index contributed by atoms with van der Waals surface area (Å²) in [5.41, 5.74) is 32.8. The minimum Gasteiger partial charge on any atom is -0.402 e. The Hall–Kier alpha value is -3.11. The van der Waals surface area contributed by atoms with E-state index in [0.29, 0.717) is 22.2 Å². The van der Waals surface area contributed by atoms with Crippen molar-refractivity contribution >= 4 is 34.6 Å². The van der Waals surface area contributed by atoms with Gasteiger partial charge in [-0.15, -0.1) is 0 Å². The summed E-state index contributed by atoms with van der Waals surface area (Å²) in [6.07, 6.45) is 2.84. The highest BCUT2D eigenvalue weighted by Crippen LogP contribution is 2.42. The van der Waals surface area contributed by atoms with Crippen molar-refractivity contribution in [3.63, 3.8) is 0 Å². The Balaban J connectivity index is 2.49. The van der Waals surface area contributed by atoms with Crippen LogP contribution in [0.25, 0.3) is 5.57 Å². The van der Waals surface area contributed by atoms with E-state index in [2.05, 4.69) is 23.8 Å². The summed E-state index contributed by atoms with van der Waals surface area (Å²) in [7, 11) is 1.42. The Kier molecular flexibility index (Phi) is 6.60. The number of anilines is 1. The molecule has 0 radical (unpaired) electrons. The number of carbonyl (C=O) groups excluding carboxylic acids is 1. The van der Waals surface area contributed by atoms with Gasteiger partial charge in [-0.25, -0.2) is 0 Å². The van der Waals surface area contributed by atoms with E-state index in [0.717, 1.165) is 36.1 Å². The third-order valence-electron chi connectivity index (χ3n) is 4.78. The lowest BCUT2D eigenvalue weighted by atomic mass is 9.91. The number of carbonyl (C=O) groups is 1. The van der Waals surface area contributed by atoms with Crippen LogP contribution in [0.3, 0.4) is 0 Å². The maximum Gasteiger partial charge on any atom is 0.255 e. The number of allylic oxidation sites excluding steroid dienone is 3. The standard InChI is InChI=1S/C20H25ClN6O/c1-3-10-4-6-14(22)17(10)12-9-13(21)11(8-16(12)24)5-7-15(23)18(20(26)28)19(25)27-2/h8-10H,3-4,6,22-24H2,1-2H3,(H2,25,27)(H2,26,28). The molecule has 28 heavy (non-hydrogen) atoms. The van der Waals surface area contributed by atoms with Crippen LogP contribution in [0.5, 0.6) is 0 Å². The predicted octanol–water partition coefficient (Wildman–Crippen LogP) is 1.45. The zero-order valence-corrected chi connectivity index (χ0v) is 16.7. The monoisotopic (exact) mass is 400 g/mol. The van der Waals surface area contributed by atoms with E-state index in [9.17, 15) is 4.79 Å². The van der Waals surface area contributed by atoms with Crippen molar-refractivity contribution in [3.8, 4) is 11.8 Å². The fraction of sp³-hybridized carbons (Fsp3) is 0.300. The first kappa shape index (κ1) is 21.2. The third kappa shape index (κ3) is 4.24. The van der Waals surface area contributed by atoms with Gasteiger partial charge in [-0.2, -0.15) is 0 Å². The number of amidine groups is 1. The summed E-state index contributed by atoms with van der Waals surface area (Å²) in [6.45, 7) is 2.12. The van der Waals surface area contributed by atoms with E-state index in [1.54, 1.807) is 12.1 Å². The minimum atomic E-state index is -0.815. The van der Waals surface area contributed by atoms with E-state index in [1.165, 1.54) is 7.05 Å². The van der Waals surface area contributed by atoms with Crippen LogP contribution in [-0.2, 0) is 4.79 Å². The molecule has 148 valence electrons. The molecule has 1 aliphatic rings. The van der Waals surface area contributed by atoms with E-state index < -0.39 is 5.91 Å². The van der Waals surface area contributed by atoms with Crippen LogP contribution < -0.4 is 28.7 Å². The number of aliphatic imine (C=N–C) groups is 1. The Morgan fingerprint density at radius 1 is 1.29 bits per heavy atom. The summed E-state index contributed by atoms with van der Waals surface area (Å²) in [4.78, 5) is 15.3. The van der Waals surface area contributed by atoms with Gasteiger partial charge in [-0.05, 0) is 48.8 Å². The number of primary amides is 1. The molecule has 7 nitrogen and oxygen atoms in total. The highest BCUT2D eigenvalue weighted by atomic mass is 35.5. The molecule has 1 unspecified atom stereocenters. The van der Waals surface area contributed by atoms with Gasteiger partial charge in [0.25, 0.3) is 5.91 Å². The average Bonchev–Trinajstić information content (AvgIpc) is 3.02. The topological polar surface area (TPSA) is 160 Å². The smallest absolute Gasteiger partial charge is 0.255 e. The second-order valence-electron chi connectivity index (χ2n) is 6.51. The number of hydrogen-bond donors (Lipinski definition) is 5. The van der Waals surface area contributed by atoms with Gasteiger partial charge in [-0.3, -0.25) is 9.79 Å². The summed E-state index contributed by atoms with van der Waals surface area (Å²) in [5.74, 6) is 4.92. The number of hydrogen-bond acceptors (Lipinski definition) is 5. The number of nitrogen functional groups attached to an aromatic ring is 1. The maximum atomic E-state index is 11.5. The average molecular weight is 401 g/mol. The quantitative estimate of drug-likeness (QED) is 0.170. The third-order valence-corrected chi connectivity index (χ3v) is 5.10. The number of amides is 1. The SMILES string of the molecule is CCC1CCC(N)=C1c1cc(Cl)c(C#CC(N)=C(C(N)=O)C(N)=NC)cc1N. The summed E-state index contributed by atoms with van der Waals surface area (Å²) >= 11 is 6.42. The van der Waals surface area contributed by atoms with Gasteiger partial charge in [0.15, 0.2) is 0 Å². The zero-order chi connectivity index (χ0) is 21.0. The molecule has 1 aromatic carbocycles. The Bertz CT molecular complexity index is 965. The molecular formula is C20H25ClN6O. The fourth-order valence-corrected chi connectivity index (χ4v) is 3.51. The van der Waals surface area contributed by atoms with Crippen molar-refractivity contribution in [2.45, 2.75) is 26.2 Å². The first-order chi connectivity index (χ1) is 13.2. The molecule has 1 amide bonds. The van der Waals surface area contributed by atoms with Crippen LogP contribution in [0.4, 0.5) is 5.69 Å². The molecule has 1 atom stereocenters. The van der Waals surface area contributed by atoms with Crippen molar-refractivity contribution in [1.29, 1.82) is 0 Å². The molecular weight excluding hydrogens is 376 g/mol. The molecule has 8 heteroatoms. The van der Waals surface area contributed by atoms with Crippen LogP contribution >= 0.6 is 11.6 Å². The molecule has 0 saturated carbocycles. The van der Waals surface area contributed by atoms with Crippen LogP contribution in [0.15, 0.2) is 34.1 Å². The van der Waals surface area contributed by atoms with Crippen molar-refractivity contribution in [3.05, 3.63) is 45.2 Å². The summed E-state index contributed by atoms with van der Waals surface area (Å²) in [5, 5.41) is 0.407. The summed E-state index contributed by atoms with van der Waals surface area (Å²) in [6, 6.07) is 3.44. The number of nitrogens with two attached hydrogens (primary N) is 5. The van der Waals surface area contributed by atoms with Crippen molar-refractivity contribution in [2.75, 3.05) is 12.8 Å². The second kappa shape index (κ2) is 8.72. The van der Waals surface area contributed by atoms with Crippen molar-refractivity contribution in [1.82, 2.24) is 0 Å². The predicted molar refractivity (Wildman–Crippen MR) is 115 cm³/mol. The number of halogens is 1. The Morgan fingerprint density at radius 2 is 1.96 bits per heavy atom. The van der Waals surface area contributed by atoms with Crippen LogP contribution in [0.2, 0.25) is 5.02 Å². The van der Waals surface area contributed by atoms with Gasteiger partial charge in [0.2, 0.25) is 0 Å². The molecule has 0 saturated heterocycles. The van der Waals surface area contributed by atoms with Crippen molar-refractivity contribution in [2.24, 2.45) is 33.8 Å². The minimum absolute atomic E-state index is 0.0884. The molecule has 0 bridgehead atoms. The largest absolute Gasteiger partial charge is 0.402 e. The van der Waals surface area contributed by atoms with E-state index in [1.807, 2.05) is 0 Å². The van der Waals surface area contributed by atoms with Gasteiger partial charge < -0.3 is 28.7 Å². The zero-order valence-electron chi connectivity index (χ0n) is 16.0. The van der Waals surface area contributed by atoms with Gasteiger partial charge in [0.05, 0.1) is 10.7 Å². The van der Waals surface area contributed by atoms with Gasteiger partial charge >= 0.3 is 0 Å². The van der Waals surface area contributed by atoms with Crippen LogP contribution in [-0.4, -0.2) is 18.8 Å². The molecule has 1 aliphatic carbocycles. The number of benzene rings is 1. The van der Waals surface area contributed by atoms with Crippen molar-refractivity contribution < 1.29 is 4.79 Å². The Labute approximate surface area is 169 Å². The summed E-state index contributed by atoms with van der Waals surface area (Å²) < 4.78 is 0. The normalized spacial score (nSPS) is 17.8. The first-order valence-corrected chi connectivity index (χ1v) is 9.21. The van der Waals surface area contributed by atoms with Gasteiger partial charge in [-0.1, -0.05) is 24.4 Å². The van der Waals surface area contributed by atoms with E-state index in [-0.39, 0.29) is 17.1 Å². The van der Waals surface area contributed by atoms with Crippen LogP contribution in [0, 0.1) is 17.8 Å². The van der Waals surface area contributed by atoms with Crippen LogP contribution in [0.1, 0.15) is 37.3 Å². The molecule has 0 aliphatic heterocycles. The first-order valence-electron chi connectivity index (χ1n) is 8.83. The lowest BCUT2D eigenvalue weighted by Crippen LogP contribution is -2.29. The molecule has 1 aromatic rings. The lowest BCUT2D eigenvalue weighted by molar-refractivity contribution is -0.114. The van der Waals surface area contributed by atoms with Gasteiger partial charge in [0, 0.05) is 29.6 Å². The molecule has 0 aromatic heterocycles. The highest BCUT2D eigenvalue weighted by molar-refractivity contribution is 6.32. The molecule has 0 heterocycles. The lowest BCUT2D eigenvalue weighted by Gasteiger charge is -2.16. The molecule has 10 N–H and O–H groups in total. The van der Waals surface area contributed by atoms with E-state index in [4.69, 9.17) is 40.3 Å². The highest BCUT2D eigenvalue weighted by Gasteiger charge is 2.25. The van der Waals surface area contributed by atoms with Gasteiger partial charge in [0.1, 0.15) is 11.4 Å². The number of rotatable bonds is 4. The fourth-order valence-electron chi connectivity index (χ4n) is 3.30. The molecule has 0 spiro atoms. The molecule has 0 fully saturated rings.